The van der Waals surface area contributed by atoms with Gasteiger partial charge in [-0.1, -0.05) is 24.3 Å². The van der Waals surface area contributed by atoms with Crippen LogP contribution in [0.4, 0.5) is 19.3 Å². The van der Waals surface area contributed by atoms with Crippen LogP contribution in [-0.2, 0) is 17.8 Å². The molecule has 6 nitrogen and oxygen atoms in total. The van der Waals surface area contributed by atoms with Crippen LogP contribution in [0.25, 0.3) is 0 Å². The molecule has 3 aliphatic heterocycles. The normalized spacial score (nSPS) is 19.6. The minimum atomic E-state index is -0.829. The summed E-state index contributed by atoms with van der Waals surface area (Å²) in [5, 5.41) is 3.16. The zero-order valence-corrected chi connectivity index (χ0v) is 19.9. The molecule has 0 aliphatic carbocycles. The highest BCUT2D eigenvalue weighted by Gasteiger charge is 2.34. The maximum Gasteiger partial charge on any atom is 0.317 e. The minimum absolute atomic E-state index is 0.0373. The fourth-order valence-electron chi connectivity index (χ4n) is 5.51. The number of hydrogen-bond donors (Lipinski definition) is 1. The molecule has 5 rings (SSSR count). The number of rotatable bonds is 4. The Balaban J connectivity index is 1.05. The van der Waals surface area contributed by atoms with Crippen molar-refractivity contribution in [2.24, 2.45) is 5.92 Å². The number of amides is 3. The van der Waals surface area contributed by atoms with Gasteiger partial charge in [0.05, 0.1) is 0 Å². The Bertz CT molecular complexity index is 1080. The third-order valence-corrected chi connectivity index (χ3v) is 7.59. The Morgan fingerprint density at radius 1 is 0.886 bits per heavy atom. The molecule has 35 heavy (non-hydrogen) atoms. The number of hydrogen-bond acceptors (Lipinski definition) is 3. The van der Waals surface area contributed by atoms with E-state index in [9.17, 15) is 18.4 Å². The molecule has 8 heteroatoms. The summed E-state index contributed by atoms with van der Waals surface area (Å²) < 4.78 is 26.6. The molecule has 3 aliphatic rings. The highest BCUT2D eigenvalue weighted by atomic mass is 19.2. The molecule has 2 aromatic carbocycles. The lowest BCUT2D eigenvalue weighted by molar-refractivity contribution is -0.123. The van der Waals surface area contributed by atoms with Gasteiger partial charge in [0.2, 0.25) is 5.91 Å². The van der Waals surface area contributed by atoms with Gasteiger partial charge in [-0.15, -0.1) is 0 Å². The Morgan fingerprint density at radius 3 is 2.37 bits per heavy atom. The van der Waals surface area contributed by atoms with E-state index in [1.807, 2.05) is 28.0 Å². The van der Waals surface area contributed by atoms with Gasteiger partial charge < -0.3 is 15.1 Å². The standard InChI is InChI=1S/C27H32F2N4O2/c28-23-6-5-19(17-24(23)29)18-31-12-10-22(11-13-31)30-27(35)32-14-7-21(8-15-32)26(34)33-16-9-20-3-1-2-4-25(20)33/h1-6,17,21-22H,7-16,18H2,(H,30,35). The number of nitrogens with zero attached hydrogens (tertiary/aromatic N) is 3. The number of benzene rings is 2. The lowest BCUT2D eigenvalue weighted by Gasteiger charge is -2.36. The van der Waals surface area contributed by atoms with Crippen molar-refractivity contribution in [3.63, 3.8) is 0 Å². The van der Waals surface area contributed by atoms with E-state index in [0.29, 0.717) is 32.5 Å². The van der Waals surface area contributed by atoms with E-state index in [0.717, 1.165) is 50.1 Å². The summed E-state index contributed by atoms with van der Waals surface area (Å²) in [6, 6.07) is 12.2. The lowest BCUT2D eigenvalue weighted by Crippen LogP contribution is -2.51. The molecule has 3 heterocycles. The third kappa shape index (κ3) is 5.32. The van der Waals surface area contributed by atoms with Crippen LogP contribution in [0.1, 0.15) is 36.8 Å². The number of halogens is 2. The molecule has 0 saturated carbocycles. The average Bonchev–Trinajstić information content (AvgIpc) is 3.31. The zero-order valence-electron chi connectivity index (χ0n) is 19.9. The van der Waals surface area contributed by atoms with E-state index in [4.69, 9.17) is 0 Å². The third-order valence-electron chi connectivity index (χ3n) is 7.59. The molecule has 3 amide bonds. The highest BCUT2D eigenvalue weighted by molar-refractivity contribution is 5.97. The van der Waals surface area contributed by atoms with Gasteiger partial charge in [0.1, 0.15) is 0 Å². The number of anilines is 1. The molecule has 2 fully saturated rings. The molecular weight excluding hydrogens is 450 g/mol. The van der Waals surface area contributed by atoms with Crippen molar-refractivity contribution in [2.75, 3.05) is 37.6 Å². The number of para-hydroxylation sites is 1. The van der Waals surface area contributed by atoms with Crippen molar-refractivity contribution >= 4 is 17.6 Å². The van der Waals surface area contributed by atoms with Gasteiger partial charge in [-0.25, -0.2) is 13.6 Å². The number of likely N-dealkylation sites (tertiary alicyclic amines) is 2. The van der Waals surface area contributed by atoms with Crippen molar-refractivity contribution in [3.8, 4) is 0 Å². The maximum atomic E-state index is 13.5. The molecule has 0 radical (unpaired) electrons. The number of carbonyl (C=O) groups is 2. The van der Waals surface area contributed by atoms with E-state index < -0.39 is 11.6 Å². The van der Waals surface area contributed by atoms with E-state index >= 15 is 0 Å². The van der Waals surface area contributed by atoms with Gasteiger partial charge in [0, 0.05) is 56.9 Å². The van der Waals surface area contributed by atoms with Crippen molar-refractivity contribution in [2.45, 2.75) is 44.7 Å². The van der Waals surface area contributed by atoms with Crippen molar-refractivity contribution < 1.29 is 18.4 Å². The van der Waals surface area contributed by atoms with Crippen LogP contribution in [0.5, 0.6) is 0 Å². The number of piperidine rings is 2. The van der Waals surface area contributed by atoms with Crippen LogP contribution < -0.4 is 10.2 Å². The number of nitrogens with one attached hydrogen (secondary N) is 1. The predicted octanol–water partition coefficient (Wildman–Crippen LogP) is 3.94. The predicted molar refractivity (Wildman–Crippen MR) is 130 cm³/mol. The van der Waals surface area contributed by atoms with Crippen LogP contribution in [0.3, 0.4) is 0 Å². The zero-order chi connectivity index (χ0) is 24.4. The Morgan fingerprint density at radius 2 is 1.63 bits per heavy atom. The van der Waals surface area contributed by atoms with E-state index in [1.165, 1.54) is 17.7 Å². The van der Waals surface area contributed by atoms with Crippen molar-refractivity contribution in [1.82, 2.24) is 15.1 Å². The summed E-state index contributed by atoms with van der Waals surface area (Å²) in [5.41, 5.74) is 3.02. The molecule has 1 N–H and O–H groups in total. The summed E-state index contributed by atoms with van der Waals surface area (Å²) >= 11 is 0. The molecule has 0 aromatic heterocycles. The molecule has 0 bridgehead atoms. The SMILES string of the molecule is O=C(NC1CCN(Cc2ccc(F)c(F)c2)CC1)N1CCC(C(=O)N2CCc3ccccc32)CC1. The van der Waals surface area contributed by atoms with Gasteiger partial charge in [-0.05, 0) is 61.4 Å². The summed E-state index contributed by atoms with van der Waals surface area (Å²) in [6.07, 6.45) is 3.93. The first-order valence-corrected chi connectivity index (χ1v) is 12.6. The Labute approximate surface area is 204 Å². The monoisotopic (exact) mass is 482 g/mol. The number of fused-ring (bicyclic) bond motifs is 1. The van der Waals surface area contributed by atoms with Crippen LogP contribution >= 0.6 is 0 Å². The van der Waals surface area contributed by atoms with Gasteiger partial charge in [-0.3, -0.25) is 9.69 Å². The fourth-order valence-corrected chi connectivity index (χ4v) is 5.51. The van der Waals surface area contributed by atoms with Gasteiger partial charge in [0.25, 0.3) is 0 Å². The molecule has 0 unspecified atom stereocenters. The van der Waals surface area contributed by atoms with Crippen LogP contribution in [0, 0.1) is 17.6 Å². The van der Waals surface area contributed by atoms with E-state index in [1.54, 1.807) is 6.07 Å². The smallest absolute Gasteiger partial charge is 0.317 e. The molecule has 0 spiro atoms. The molecule has 0 atom stereocenters. The lowest BCUT2D eigenvalue weighted by atomic mass is 9.95. The molecule has 2 saturated heterocycles. The average molecular weight is 483 g/mol. The first-order valence-electron chi connectivity index (χ1n) is 12.6. The minimum Gasteiger partial charge on any atom is -0.335 e. The summed E-state index contributed by atoms with van der Waals surface area (Å²) in [6.45, 7) is 4.07. The topological polar surface area (TPSA) is 55.9 Å². The second-order valence-corrected chi connectivity index (χ2v) is 9.88. The van der Waals surface area contributed by atoms with E-state index in [2.05, 4.69) is 16.3 Å². The van der Waals surface area contributed by atoms with Crippen LogP contribution in [0.15, 0.2) is 42.5 Å². The first-order chi connectivity index (χ1) is 17.0. The summed E-state index contributed by atoms with van der Waals surface area (Å²) in [7, 11) is 0. The van der Waals surface area contributed by atoms with Crippen LogP contribution in [-0.4, -0.2) is 60.5 Å². The number of urea groups is 1. The van der Waals surface area contributed by atoms with Crippen molar-refractivity contribution in [3.05, 3.63) is 65.2 Å². The second-order valence-electron chi connectivity index (χ2n) is 9.88. The fraction of sp³-hybridized carbons (Fsp3) is 0.481. The van der Waals surface area contributed by atoms with Gasteiger partial charge >= 0.3 is 6.03 Å². The Hall–Kier alpha value is -3.00. The van der Waals surface area contributed by atoms with Crippen LogP contribution in [0.2, 0.25) is 0 Å². The first kappa shape index (κ1) is 23.7. The molecule has 2 aromatic rings. The summed E-state index contributed by atoms with van der Waals surface area (Å²) in [4.78, 5) is 31.9. The highest BCUT2D eigenvalue weighted by Crippen LogP contribution is 2.31. The second kappa shape index (κ2) is 10.3. The quantitative estimate of drug-likeness (QED) is 0.718. The largest absolute Gasteiger partial charge is 0.335 e. The van der Waals surface area contributed by atoms with E-state index in [-0.39, 0.29) is 23.9 Å². The molecular formula is C27H32F2N4O2. The van der Waals surface area contributed by atoms with Gasteiger partial charge in [-0.2, -0.15) is 0 Å². The summed E-state index contributed by atoms with van der Waals surface area (Å²) in [5.74, 6) is -1.50. The van der Waals surface area contributed by atoms with Gasteiger partial charge in [0.15, 0.2) is 11.6 Å². The van der Waals surface area contributed by atoms with Crippen molar-refractivity contribution in [1.29, 1.82) is 0 Å². The maximum absolute atomic E-state index is 13.5. The number of carbonyl (C=O) groups excluding carboxylic acids is 2. The molecule has 186 valence electrons. The Kier molecular flexibility index (Phi) is 7.00.